The van der Waals surface area contributed by atoms with Gasteiger partial charge in [-0.1, -0.05) is 42.0 Å². The quantitative estimate of drug-likeness (QED) is 0.650. The number of rotatable bonds is 6. The summed E-state index contributed by atoms with van der Waals surface area (Å²) in [6.07, 6.45) is 3.40. The van der Waals surface area contributed by atoms with Gasteiger partial charge >= 0.3 is 5.97 Å². The van der Waals surface area contributed by atoms with Gasteiger partial charge < -0.3 is 10.1 Å². The third kappa shape index (κ3) is 5.72. The molecule has 0 saturated heterocycles. The zero-order valence-corrected chi connectivity index (χ0v) is 13.9. The van der Waals surface area contributed by atoms with E-state index in [-0.39, 0.29) is 11.9 Å². The number of anilines is 1. The van der Waals surface area contributed by atoms with E-state index in [1.807, 2.05) is 43.3 Å². The first-order valence-corrected chi connectivity index (χ1v) is 7.87. The lowest BCUT2D eigenvalue weighted by Gasteiger charge is -2.06. The van der Waals surface area contributed by atoms with Crippen molar-refractivity contribution in [3.8, 4) is 0 Å². The highest BCUT2D eigenvalue weighted by molar-refractivity contribution is 5.92. The molecule has 4 nitrogen and oxygen atoms in total. The smallest absolute Gasteiger partial charge is 0.330 e. The predicted octanol–water partition coefficient (Wildman–Crippen LogP) is 3.75. The van der Waals surface area contributed by atoms with E-state index in [4.69, 9.17) is 4.74 Å². The Bertz CT molecular complexity index is 716. The van der Waals surface area contributed by atoms with E-state index in [9.17, 15) is 9.59 Å². The van der Waals surface area contributed by atoms with Gasteiger partial charge in [-0.15, -0.1) is 0 Å². The minimum atomic E-state index is -0.368. The molecule has 0 fully saturated rings. The van der Waals surface area contributed by atoms with Crippen LogP contribution in [-0.2, 0) is 20.7 Å². The summed E-state index contributed by atoms with van der Waals surface area (Å²) in [6.45, 7) is 4.14. The topological polar surface area (TPSA) is 55.4 Å². The van der Waals surface area contributed by atoms with Crippen molar-refractivity contribution in [2.24, 2.45) is 0 Å². The molecule has 0 spiro atoms. The maximum absolute atomic E-state index is 12.1. The molecule has 0 atom stereocenters. The number of ether oxygens (including phenoxy) is 1. The highest BCUT2D eigenvalue weighted by atomic mass is 16.5. The summed E-state index contributed by atoms with van der Waals surface area (Å²) in [5, 5.41) is 2.86. The van der Waals surface area contributed by atoms with Crippen LogP contribution in [-0.4, -0.2) is 18.5 Å². The summed E-state index contributed by atoms with van der Waals surface area (Å²) >= 11 is 0. The van der Waals surface area contributed by atoms with Crippen LogP contribution in [0.3, 0.4) is 0 Å². The number of esters is 1. The number of carbonyl (C=O) groups is 2. The molecule has 4 heteroatoms. The Morgan fingerprint density at radius 2 is 1.71 bits per heavy atom. The standard InChI is InChI=1S/C20H21NO3/c1-3-24-20(23)13-10-16-8-11-18(12-9-16)21-19(22)14-17-6-4-15(2)5-7-17/h4-13H,3,14H2,1-2H3,(H,21,22)/b13-10+. The molecule has 1 N–H and O–H groups in total. The molecule has 2 rings (SSSR count). The van der Waals surface area contributed by atoms with Gasteiger partial charge in [0.05, 0.1) is 13.0 Å². The fraction of sp³-hybridized carbons (Fsp3) is 0.200. The molecule has 0 aliphatic carbocycles. The van der Waals surface area contributed by atoms with E-state index >= 15 is 0 Å². The second kappa shape index (κ2) is 8.67. The van der Waals surface area contributed by atoms with Crippen LogP contribution in [0.15, 0.2) is 54.6 Å². The fourth-order valence-corrected chi connectivity index (χ4v) is 2.13. The summed E-state index contributed by atoms with van der Waals surface area (Å²) in [4.78, 5) is 23.3. The average Bonchev–Trinajstić information content (AvgIpc) is 2.56. The highest BCUT2D eigenvalue weighted by Gasteiger charge is 2.04. The van der Waals surface area contributed by atoms with E-state index in [1.54, 1.807) is 25.1 Å². The van der Waals surface area contributed by atoms with Gasteiger partial charge in [0, 0.05) is 11.8 Å². The molecule has 0 aliphatic rings. The van der Waals surface area contributed by atoms with Gasteiger partial charge in [-0.25, -0.2) is 4.79 Å². The molecule has 0 heterocycles. The Morgan fingerprint density at radius 1 is 1.04 bits per heavy atom. The van der Waals surface area contributed by atoms with Crippen LogP contribution >= 0.6 is 0 Å². The number of amides is 1. The van der Waals surface area contributed by atoms with Crippen LogP contribution in [0.4, 0.5) is 5.69 Å². The molecule has 1 amide bonds. The Kier molecular flexibility index (Phi) is 6.32. The van der Waals surface area contributed by atoms with E-state index in [0.717, 1.165) is 16.8 Å². The molecule has 24 heavy (non-hydrogen) atoms. The van der Waals surface area contributed by atoms with Gasteiger partial charge in [0.2, 0.25) is 5.91 Å². The Hall–Kier alpha value is -2.88. The fourth-order valence-electron chi connectivity index (χ4n) is 2.13. The molecule has 0 unspecified atom stereocenters. The number of aryl methyl sites for hydroxylation is 1. The lowest BCUT2D eigenvalue weighted by molar-refractivity contribution is -0.137. The van der Waals surface area contributed by atoms with E-state index in [0.29, 0.717) is 13.0 Å². The number of carbonyl (C=O) groups excluding carboxylic acids is 2. The van der Waals surface area contributed by atoms with E-state index in [2.05, 4.69) is 5.32 Å². The van der Waals surface area contributed by atoms with Gasteiger partial charge in [0.25, 0.3) is 0 Å². The highest BCUT2D eigenvalue weighted by Crippen LogP contribution is 2.12. The third-order valence-electron chi connectivity index (χ3n) is 3.38. The van der Waals surface area contributed by atoms with Gasteiger partial charge in [0.1, 0.15) is 0 Å². The number of hydrogen-bond donors (Lipinski definition) is 1. The Balaban J connectivity index is 1.90. The van der Waals surface area contributed by atoms with Crippen LogP contribution in [0.2, 0.25) is 0 Å². The summed E-state index contributed by atoms with van der Waals surface area (Å²) in [6, 6.07) is 15.2. The Labute approximate surface area is 142 Å². The second-order valence-electron chi connectivity index (χ2n) is 5.42. The SMILES string of the molecule is CCOC(=O)/C=C/c1ccc(NC(=O)Cc2ccc(C)cc2)cc1. The number of hydrogen-bond acceptors (Lipinski definition) is 3. The Morgan fingerprint density at radius 3 is 2.33 bits per heavy atom. The molecule has 0 aromatic heterocycles. The summed E-state index contributed by atoms with van der Waals surface area (Å²) in [5.41, 5.74) is 3.73. The lowest BCUT2D eigenvalue weighted by atomic mass is 10.1. The zero-order valence-electron chi connectivity index (χ0n) is 13.9. The van der Waals surface area contributed by atoms with Crippen LogP contribution in [0.1, 0.15) is 23.6 Å². The molecule has 2 aromatic rings. The molecule has 0 saturated carbocycles. The van der Waals surface area contributed by atoms with Crippen molar-refractivity contribution < 1.29 is 14.3 Å². The molecule has 0 radical (unpaired) electrons. The van der Waals surface area contributed by atoms with Crippen molar-refractivity contribution in [3.05, 3.63) is 71.3 Å². The third-order valence-corrected chi connectivity index (χ3v) is 3.38. The van der Waals surface area contributed by atoms with Crippen LogP contribution in [0.5, 0.6) is 0 Å². The molecular weight excluding hydrogens is 302 g/mol. The summed E-state index contributed by atoms with van der Waals surface area (Å²) in [5.74, 6) is -0.429. The van der Waals surface area contributed by atoms with Crippen LogP contribution in [0.25, 0.3) is 6.08 Å². The first-order chi connectivity index (χ1) is 11.6. The largest absolute Gasteiger partial charge is 0.463 e. The zero-order chi connectivity index (χ0) is 17.4. The van der Waals surface area contributed by atoms with Crippen molar-refractivity contribution in [2.75, 3.05) is 11.9 Å². The summed E-state index contributed by atoms with van der Waals surface area (Å²) < 4.78 is 4.82. The maximum Gasteiger partial charge on any atom is 0.330 e. The maximum atomic E-state index is 12.1. The molecule has 0 bridgehead atoms. The number of nitrogens with one attached hydrogen (secondary N) is 1. The average molecular weight is 323 g/mol. The van der Waals surface area contributed by atoms with Gasteiger partial charge in [-0.3, -0.25) is 4.79 Å². The van der Waals surface area contributed by atoms with Gasteiger partial charge in [-0.2, -0.15) is 0 Å². The van der Waals surface area contributed by atoms with Crippen molar-refractivity contribution in [3.63, 3.8) is 0 Å². The predicted molar refractivity (Wildman–Crippen MR) is 95.6 cm³/mol. The molecule has 2 aromatic carbocycles. The molecular formula is C20H21NO3. The first-order valence-electron chi connectivity index (χ1n) is 7.87. The lowest BCUT2D eigenvalue weighted by Crippen LogP contribution is -2.14. The van der Waals surface area contributed by atoms with Crippen molar-refractivity contribution >= 4 is 23.6 Å². The van der Waals surface area contributed by atoms with Crippen molar-refractivity contribution in [1.82, 2.24) is 0 Å². The van der Waals surface area contributed by atoms with Gasteiger partial charge in [0.15, 0.2) is 0 Å². The van der Waals surface area contributed by atoms with Crippen molar-refractivity contribution in [2.45, 2.75) is 20.3 Å². The number of benzene rings is 2. The summed E-state index contributed by atoms with van der Waals surface area (Å²) in [7, 11) is 0. The molecule has 124 valence electrons. The minimum absolute atomic E-state index is 0.0614. The monoisotopic (exact) mass is 323 g/mol. The van der Waals surface area contributed by atoms with Crippen molar-refractivity contribution in [1.29, 1.82) is 0 Å². The second-order valence-corrected chi connectivity index (χ2v) is 5.42. The van der Waals surface area contributed by atoms with E-state index < -0.39 is 0 Å². The van der Waals surface area contributed by atoms with Gasteiger partial charge in [-0.05, 0) is 43.2 Å². The van der Waals surface area contributed by atoms with E-state index in [1.165, 1.54) is 11.6 Å². The van der Waals surface area contributed by atoms with Crippen LogP contribution in [0, 0.1) is 6.92 Å². The molecule has 0 aliphatic heterocycles. The normalized spacial score (nSPS) is 10.6. The first kappa shape index (κ1) is 17.5. The minimum Gasteiger partial charge on any atom is -0.463 e. The van der Waals surface area contributed by atoms with Crippen LogP contribution < -0.4 is 5.32 Å².